The van der Waals surface area contributed by atoms with Gasteiger partial charge in [0.1, 0.15) is 0 Å². The molecule has 0 aliphatic heterocycles. The Bertz CT molecular complexity index is 1380. The highest BCUT2D eigenvalue weighted by Gasteiger charge is 2.09. The molecule has 0 aliphatic rings. The molecule has 0 spiro atoms. The number of amides is 1. The zero-order chi connectivity index (χ0) is 21.3. The zero-order valence-corrected chi connectivity index (χ0v) is 17.2. The van der Waals surface area contributed by atoms with Crippen molar-refractivity contribution in [1.82, 2.24) is 4.57 Å². The number of aryl methyl sites for hydroxylation is 1. The molecule has 6 nitrogen and oxygen atoms in total. The van der Waals surface area contributed by atoms with Crippen molar-refractivity contribution in [3.8, 4) is 0 Å². The van der Waals surface area contributed by atoms with Crippen LogP contribution < -0.4 is 10.5 Å². The van der Waals surface area contributed by atoms with E-state index in [1.165, 1.54) is 41.2 Å². The molecule has 0 radical (unpaired) electrons. The largest absolute Gasteiger partial charge is 0.341 e. The minimum Gasteiger partial charge on any atom is -0.341 e. The fraction of sp³-hybridized carbons (Fsp3) is 0.0870. The number of nitrogens with zero attached hydrogens (tertiary/aromatic N) is 1. The number of aromatic nitrogens is 1. The van der Waals surface area contributed by atoms with E-state index in [4.69, 9.17) is 5.14 Å². The maximum absolute atomic E-state index is 12.2. The topological polar surface area (TPSA) is 94.2 Å². The molecule has 4 aromatic rings. The molecule has 4 rings (SSSR count). The van der Waals surface area contributed by atoms with E-state index in [1.807, 2.05) is 18.2 Å². The Kier molecular flexibility index (Phi) is 5.15. The van der Waals surface area contributed by atoms with Crippen molar-refractivity contribution in [3.05, 3.63) is 78.4 Å². The average molecular weight is 420 g/mol. The van der Waals surface area contributed by atoms with Crippen LogP contribution in [0.4, 0.5) is 5.69 Å². The molecule has 0 saturated heterocycles. The molecule has 0 unspecified atom stereocenters. The maximum atomic E-state index is 12.2. The standard InChI is InChI=1S/C23H21N3O3S/c1-2-26-21-6-4-3-5-19(21)20-15-16(7-13-22(20)26)8-14-23(27)25-17-9-11-18(12-10-17)30(24,28)29/h3-15H,2H2,1H3,(H,25,27)(H2,24,28,29)/b14-8+. The first-order valence-corrected chi connectivity index (χ1v) is 11.0. The Morgan fingerprint density at radius 2 is 1.70 bits per heavy atom. The Balaban J connectivity index is 1.56. The molecular formula is C23H21N3O3S. The van der Waals surface area contributed by atoms with E-state index < -0.39 is 10.0 Å². The van der Waals surface area contributed by atoms with Crippen molar-refractivity contribution in [2.45, 2.75) is 18.4 Å². The predicted octanol–water partition coefficient (Wildman–Crippen LogP) is 4.11. The van der Waals surface area contributed by atoms with Crippen LogP contribution in [0.25, 0.3) is 27.9 Å². The fourth-order valence-corrected chi connectivity index (χ4v) is 4.11. The molecule has 0 saturated carbocycles. The van der Waals surface area contributed by atoms with Crippen molar-refractivity contribution in [2.75, 3.05) is 5.32 Å². The average Bonchev–Trinajstić information content (AvgIpc) is 3.05. The third-order valence-electron chi connectivity index (χ3n) is 4.99. The lowest BCUT2D eigenvalue weighted by Gasteiger charge is -2.04. The van der Waals surface area contributed by atoms with Crippen LogP contribution >= 0.6 is 0 Å². The summed E-state index contributed by atoms with van der Waals surface area (Å²) < 4.78 is 24.9. The van der Waals surface area contributed by atoms with E-state index in [0.29, 0.717) is 5.69 Å². The lowest BCUT2D eigenvalue weighted by atomic mass is 10.1. The van der Waals surface area contributed by atoms with E-state index >= 15 is 0 Å². The third kappa shape index (κ3) is 3.85. The van der Waals surface area contributed by atoms with Gasteiger partial charge in [0.25, 0.3) is 0 Å². The molecule has 1 amide bonds. The third-order valence-corrected chi connectivity index (χ3v) is 5.92. The van der Waals surface area contributed by atoms with E-state index in [9.17, 15) is 13.2 Å². The molecular weight excluding hydrogens is 398 g/mol. The SMILES string of the molecule is CCn1c2ccccc2c2cc(/C=C/C(=O)Nc3ccc(S(N)(=O)=O)cc3)ccc21. The second-order valence-corrected chi connectivity index (χ2v) is 8.49. The van der Waals surface area contributed by atoms with Crippen molar-refractivity contribution in [3.63, 3.8) is 0 Å². The summed E-state index contributed by atoms with van der Waals surface area (Å²) in [5.74, 6) is -0.311. The summed E-state index contributed by atoms with van der Waals surface area (Å²) in [6.07, 6.45) is 3.21. The van der Waals surface area contributed by atoms with Gasteiger partial charge in [-0.2, -0.15) is 0 Å². The zero-order valence-electron chi connectivity index (χ0n) is 16.4. The number of sulfonamides is 1. The number of hydrogen-bond donors (Lipinski definition) is 2. The first-order chi connectivity index (χ1) is 14.4. The Hall–Kier alpha value is -3.42. The van der Waals surface area contributed by atoms with Crippen LogP contribution in [0.2, 0.25) is 0 Å². The molecule has 0 atom stereocenters. The molecule has 1 aromatic heterocycles. The summed E-state index contributed by atoms with van der Waals surface area (Å²) in [7, 11) is -3.76. The van der Waals surface area contributed by atoms with Gasteiger partial charge in [0, 0.05) is 40.1 Å². The minimum absolute atomic E-state index is 0.00409. The molecule has 152 valence electrons. The summed E-state index contributed by atoms with van der Waals surface area (Å²) >= 11 is 0. The Labute approximate surface area is 174 Å². The highest BCUT2D eigenvalue weighted by Crippen LogP contribution is 2.30. The Morgan fingerprint density at radius 1 is 1.00 bits per heavy atom. The first-order valence-electron chi connectivity index (χ1n) is 9.50. The second-order valence-electron chi connectivity index (χ2n) is 6.93. The lowest BCUT2D eigenvalue weighted by molar-refractivity contribution is -0.111. The van der Waals surface area contributed by atoms with Crippen LogP contribution in [0.3, 0.4) is 0 Å². The normalized spacial score (nSPS) is 12.1. The smallest absolute Gasteiger partial charge is 0.248 e. The van der Waals surface area contributed by atoms with Crippen molar-refractivity contribution in [1.29, 1.82) is 0 Å². The number of para-hydroxylation sites is 1. The van der Waals surface area contributed by atoms with Crippen molar-refractivity contribution >= 4 is 49.5 Å². The highest BCUT2D eigenvalue weighted by molar-refractivity contribution is 7.89. The predicted molar refractivity (Wildman–Crippen MR) is 121 cm³/mol. The van der Waals surface area contributed by atoms with Crippen LogP contribution in [0, 0.1) is 0 Å². The molecule has 0 fully saturated rings. The highest BCUT2D eigenvalue weighted by atomic mass is 32.2. The molecule has 0 aliphatic carbocycles. The second kappa shape index (κ2) is 7.78. The number of fused-ring (bicyclic) bond motifs is 3. The Morgan fingerprint density at radius 3 is 2.40 bits per heavy atom. The number of carbonyl (C=O) groups is 1. The number of anilines is 1. The number of hydrogen-bond acceptors (Lipinski definition) is 3. The maximum Gasteiger partial charge on any atom is 0.248 e. The van der Waals surface area contributed by atoms with E-state index in [1.54, 1.807) is 6.08 Å². The molecule has 7 heteroatoms. The monoisotopic (exact) mass is 419 g/mol. The van der Waals surface area contributed by atoms with Gasteiger partial charge in [-0.05, 0) is 61.0 Å². The molecule has 1 heterocycles. The quantitative estimate of drug-likeness (QED) is 0.477. The fourth-order valence-electron chi connectivity index (χ4n) is 3.60. The number of benzene rings is 3. The number of rotatable bonds is 5. The van der Waals surface area contributed by atoms with Crippen LogP contribution in [0.5, 0.6) is 0 Å². The van der Waals surface area contributed by atoms with Crippen LogP contribution in [0.1, 0.15) is 12.5 Å². The van der Waals surface area contributed by atoms with Crippen LogP contribution in [-0.2, 0) is 21.4 Å². The summed E-state index contributed by atoms with van der Waals surface area (Å²) in [5, 5.41) is 10.1. The van der Waals surface area contributed by atoms with Gasteiger partial charge in [-0.25, -0.2) is 13.6 Å². The minimum atomic E-state index is -3.76. The molecule has 3 N–H and O–H groups in total. The van der Waals surface area contributed by atoms with Gasteiger partial charge in [0.05, 0.1) is 4.90 Å². The van der Waals surface area contributed by atoms with Gasteiger partial charge in [-0.3, -0.25) is 4.79 Å². The number of carbonyl (C=O) groups excluding carboxylic acids is 1. The van der Waals surface area contributed by atoms with Gasteiger partial charge >= 0.3 is 0 Å². The summed E-state index contributed by atoms with van der Waals surface area (Å²) in [4.78, 5) is 12.2. The summed E-state index contributed by atoms with van der Waals surface area (Å²) in [5.41, 5.74) is 3.76. The van der Waals surface area contributed by atoms with E-state index in [2.05, 4.69) is 41.1 Å². The van der Waals surface area contributed by atoms with E-state index in [-0.39, 0.29) is 10.8 Å². The lowest BCUT2D eigenvalue weighted by Crippen LogP contribution is -2.12. The van der Waals surface area contributed by atoms with Gasteiger partial charge in [0.15, 0.2) is 0 Å². The van der Waals surface area contributed by atoms with Gasteiger partial charge < -0.3 is 9.88 Å². The molecule has 3 aromatic carbocycles. The van der Waals surface area contributed by atoms with Gasteiger partial charge in [-0.1, -0.05) is 24.3 Å². The van der Waals surface area contributed by atoms with Crippen LogP contribution in [0.15, 0.2) is 77.7 Å². The number of nitrogens with two attached hydrogens (primary N) is 1. The number of nitrogens with one attached hydrogen (secondary N) is 1. The van der Waals surface area contributed by atoms with Gasteiger partial charge in [0.2, 0.25) is 15.9 Å². The first kappa shape index (κ1) is 19.9. The summed E-state index contributed by atoms with van der Waals surface area (Å²) in [6.45, 7) is 3.01. The number of primary sulfonamides is 1. The molecule has 0 bridgehead atoms. The van der Waals surface area contributed by atoms with Crippen molar-refractivity contribution in [2.24, 2.45) is 5.14 Å². The van der Waals surface area contributed by atoms with Crippen molar-refractivity contribution < 1.29 is 13.2 Å². The van der Waals surface area contributed by atoms with Gasteiger partial charge in [-0.15, -0.1) is 0 Å². The molecule has 30 heavy (non-hydrogen) atoms. The summed E-state index contributed by atoms with van der Waals surface area (Å²) in [6, 6.07) is 20.1. The van der Waals surface area contributed by atoms with E-state index in [0.717, 1.165) is 23.0 Å². The van der Waals surface area contributed by atoms with Crippen LogP contribution in [-0.4, -0.2) is 18.9 Å².